The molecule has 0 fully saturated rings. The van der Waals surface area contributed by atoms with Crippen LogP contribution < -0.4 is 10.6 Å². The smallest absolute Gasteiger partial charge is 0.322 e. The van der Waals surface area contributed by atoms with Gasteiger partial charge in [-0.25, -0.2) is 9.97 Å². The van der Waals surface area contributed by atoms with Gasteiger partial charge in [0.1, 0.15) is 5.82 Å². The molecule has 0 saturated carbocycles. The summed E-state index contributed by atoms with van der Waals surface area (Å²) in [4.78, 5) is 34.3. The molecule has 0 spiro atoms. The number of alkyl halides is 3. The molecule has 3 aromatic heterocycles. The van der Waals surface area contributed by atoms with Gasteiger partial charge >= 0.3 is 6.18 Å². The summed E-state index contributed by atoms with van der Waals surface area (Å²) in [6.45, 7) is 1.74. The predicted molar refractivity (Wildman–Crippen MR) is 129 cm³/mol. The van der Waals surface area contributed by atoms with Crippen molar-refractivity contribution in [3.63, 3.8) is 0 Å². The molecule has 0 aliphatic carbocycles. The maximum atomic E-state index is 13.2. The van der Waals surface area contributed by atoms with Gasteiger partial charge in [-0.3, -0.25) is 19.4 Å². The molecule has 0 atom stereocenters. The van der Waals surface area contributed by atoms with Crippen molar-refractivity contribution in [1.29, 1.82) is 0 Å². The third-order valence-electron chi connectivity index (χ3n) is 5.82. The van der Waals surface area contributed by atoms with E-state index in [1.807, 2.05) is 6.07 Å². The number of fused-ring (bicyclic) bond motifs is 3. The first-order chi connectivity index (χ1) is 17.1. The Bertz CT molecular complexity index is 1650. The fourth-order valence-electron chi connectivity index (χ4n) is 4.03. The van der Waals surface area contributed by atoms with Gasteiger partial charge < -0.3 is 10.6 Å². The average Bonchev–Trinajstić information content (AvgIpc) is 3.44. The number of hydrogen-bond donors (Lipinski definition) is 3. The third kappa shape index (κ3) is 4.15. The highest BCUT2D eigenvalue weighted by atomic mass is 19.4. The Morgan fingerprint density at radius 3 is 2.56 bits per heavy atom. The minimum Gasteiger partial charge on any atom is -0.322 e. The Morgan fingerprint density at radius 2 is 1.78 bits per heavy atom. The van der Waals surface area contributed by atoms with E-state index in [1.54, 1.807) is 43.2 Å². The normalized spacial score (nSPS) is 11.7. The first-order valence-corrected chi connectivity index (χ1v) is 10.8. The van der Waals surface area contributed by atoms with Gasteiger partial charge in [0.25, 0.3) is 11.8 Å². The van der Waals surface area contributed by atoms with E-state index in [4.69, 9.17) is 0 Å². The topological polar surface area (TPSA) is 105 Å². The Kier molecular flexibility index (Phi) is 5.47. The molecule has 2 aromatic carbocycles. The number of amides is 2. The SMILES string of the molecule is Cc1ccc(NC(=O)c2cccc(C(F)(F)F)c2)cc1C(=O)Nc1[nH]n(C)c2c1cnc1nccc12. The number of carbonyl (C=O) groups is 2. The van der Waals surface area contributed by atoms with Gasteiger partial charge in [-0.05, 0) is 48.9 Å². The van der Waals surface area contributed by atoms with Crippen molar-refractivity contribution in [2.24, 2.45) is 7.05 Å². The van der Waals surface area contributed by atoms with Crippen LogP contribution in [0, 0.1) is 6.92 Å². The molecular weight excluding hydrogens is 473 g/mol. The number of anilines is 2. The van der Waals surface area contributed by atoms with Crippen LogP contribution in [0.3, 0.4) is 0 Å². The highest BCUT2D eigenvalue weighted by Gasteiger charge is 2.31. The molecule has 0 bridgehead atoms. The number of pyridine rings is 1. The Morgan fingerprint density at radius 1 is 0.972 bits per heavy atom. The van der Waals surface area contributed by atoms with Gasteiger partial charge in [0.15, 0.2) is 5.65 Å². The van der Waals surface area contributed by atoms with Crippen molar-refractivity contribution in [1.82, 2.24) is 19.7 Å². The van der Waals surface area contributed by atoms with E-state index >= 15 is 0 Å². The molecular formula is C25H19F3N6O2. The summed E-state index contributed by atoms with van der Waals surface area (Å²) in [6, 6.07) is 10.7. The summed E-state index contributed by atoms with van der Waals surface area (Å²) < 4.78 is 40.7. The van der Waals surface area contributed by atoms with Gasteiger partial charge in [-0.15, -0.1) is 0 Å². The molecule has 182 valence electrons. The van der Waals surface area contributed by atoms with Crippen molar-refractivity contribution >= 4 is 45.3 Å². The number of nitrogens with zero attached hydrogens (tertiary/aromatic N) is 3. The fourth-order valence-corrected chi connectivity index (χ4v) is 4.03. The lowest BCUT2D eigenvalue weighted by Crippen LogP contribution is -2.17. The number of halogens is 3. The molecule has 2 amide bonds. The predicted octanol–water partition coefficient (Wildman–Crippen LogP) is 5.28. The van der Waals surface area contributed by atoms with E-state index in [2.05, 4.69) is 25.7 Å². The van der Waals surface area contributed by atoms with Crippen LogP contribution in [-0.4, -0.2) is 31.6 Å². The molecule has 0 saturated heterocycles. The van der Waals surface area contributed by atoms with Crippen molar-refractivity contribution in [3.8, 4) is 0 Å². The number of aryl methyl sites for hydroxylation is 2. The second kappa shape index (κ2) is 8.52. The summed E-state index contributed by atoms with van der Waals surface area (Å²) in [7, 11) is 1.81. The summed E-state index contributed by atoms with van der Waals surface area (Å²) in [6.07, 6.45) is -1.29. The van der Waals surface area contributed by atoms with Crippen LogP contribution in [-0.2, 0) is 13.2 Å². The molecule has 0 unspecified atom stereocenters. The highest BCUT2D eigenvalue weighted by Crippen LogP contribution is 2.30. The standard InChI is InChI=1S/C25H19F3N6O2/c1-13-6-7-16(31-23(35)14-4-3-5-15(10-14)25(26,27)28)11-18(13)24(36)32-22-19-12-30-21-17(8-9-29-21)20(19)34(2)33-22/h3-12,33H,1-2H3,(H,31,35)(H,32,36). The zero-order chi connectivity index (χ0) is 25.6. The number of benzene rings is 2. The van der Waals surface area contributed by atoms with Crippen molar-refractivity contribution in [3.05, 3.63) is 83.2 Å². The van der Waals surface area contributed by atoms with Crippen molar-refractivity contribution < 1.29 is 22.8 Å². The summed E-state index contributed by atoms with van der Waals surface area (Å²) in [5.41, 5.74) is 1.54. The van der Waals surface area contributed by atoms with Gasteiger partial charge in [0.2, 0.25) is 0 Å². The number of H-pyrrole nitrogens is 1. The van der Waals surface area contributed by atoms with Gasteiger partial charge in [0.05, 0.1) is 16.5 Å². The lowest BCUT2D eigenvalue weighted by molar-refractivity contribution is -0.137. The van der Waals surface area contributed by atoms with Gasteiger partial charge in [-0.2, -0.15) is 13.2 Å². The van der Waals surface area contributed by atoms with Crippen molar-refractivity contribution in [2.45, 2.75) is 13.1 Å². The minimum absolute atomic E-state index is 0.150. The molecule has 8 nitrogen and oxygen atoms in total. The molecule has 5 rings (SSSR count). The highest BCUT2D eigenvalue weighted by molar-refractivity contribution is 6.13. The van der Waals surface area contributed by atoms with E-state index in [0.29, 0.717) is 22.4 Å². The lowest BCUT2D eigenvalue weighted by atomic mass is 10.1. The summed E-state index contributed by atoms with van der Waals surface area (Å²) >= 11 is 0. The second-order valence-corrected chi connectivity index (χ2v) is 8.26. The van der Waals surface area contributed by atoms with E-state index in [1.165, 1.54) is 18.2 Å². The zero-order valence-corrected chi connectivity index (χ0v) is 19.1. The van der Waals surface area contributed by atoms with Crippen LogP contribution in [0.25, 0.3) is 21.9 Å². The van der Waals surface area contributed by atoms with Crippen LogP contribution in [0.5, 0.6) is 0 Å². The van der Waals surface area contributed by atoms with Crippen molar-refractivity contribution in [2.75, 3.05) is 10.6 Å². The Balaban J connectivity index is 1.40. The summed E-state index contributed by atoms with van der Waals surface area (Å²) in [5.74, 6) is -0.727. The quantitative estimate of drug-likeness (QED) is 0.317. The number of carbonyl (C=O) groups excluding carboxylic acids is 2. The maximum Gasteiger partial charge on any atom is 0.416 e. The Hall–Kier alpha value is -4.67. The zero-order valence-electron chi connectivity index (χ0n) is 19.1. The minimum atomic E-state index is -4.56. The van der Waals surface area contributed by atoms with Gasteiger partial charge in [-0.1, -0.05) is 12.1 Å². The van der Waals surface area contributed by atoms with Crippen LogP contribution in [0.15, 0.2) is 60.9 Å². The number of nitrogens with one attached hydrogen (secondary N) is 3. The monoisotopic (exact) mass is 492 g/mol. The molecule has 3 N–H and O–H groups in total. The first kappa shape index (κ1) is 23.1. The first-order valence-electron chi connectivity index (χ1n) is 10.8. The van der Waals surface area contributed by atoms with E-state index in [-0.39, 0.29) is 16.8 Å². The molecule has 3 heterocycles. The summed E-state index contributed by atoms with van der Waals surface area (Å²) in [5, 5.41) is 10.0. The van der Waals surface area contributed by atoms with Crippen LogP contribution >= 0.6 is 0 Å². The Labute approximate surface area is 202 Å². The van der Waals surface area contributed by atoms with Crippen LogP contribution in [0.1, 0.15) is 31.8 Å². The van der Waals surface area contributed by atoms with E-state index in [9.17, 15) is 22.8 Å². The van der Waals surface area contributed by atoms with E-state index < -0.39 is 23.6 Å². The number of hydrogen-bond acceptors (Lipinski definition) is 4. The van der Waals surface area contributed by atoms with Crippen LogP contribution in [0.2, 0.25) is 0 Å². The number of aromatic nitrogens is 4. The maximum absolute atomic E-state index is 13.2. The molecule has 0 aliphatic heterocycles. The van der Waals surface area contributed by atoms with Crippen LogP contribution in [0.4, 0.5) is 24.7 Å². The second-order valence-electron chi connectivity index (χ2n) is 8.26. The molecule has 36 heavy (non-hydrogen) atoms. The van der Waals surface area contributed by atoms with E-state index in [0.717, 1.165) is 23.0 Å². The lowest BCUT2D eigenvalue weighted by Gasteiger charge is -2.12. The molecule has 5 aromatic rings. The number of aromatic amines is 1. The third-order valence-corrected chi connectivity index (χ3v) is 5.82. The molecule has 0 aliphatic rings. The fraction of sp³-hybridized carbons (Fsp3) is 0.120. The average molecular weight is 492 g/mol. The molecule has 0 radical (unpaired) electrons. The molecule has 11 heteroatoms. The number of rotatable bonds is 4. The largest absolute Gasteiger partial charge is 0.416 e. The van der Waals surface area contributed by atoms with Gasteiger partial charge in [0, 0.05) is 41.6 Å².